The molecular formula is C15H10Cl3NO2. The molecule has 0 aromatic heterocycles. The molecule has 0 saturated carbocycles. The van der Waals surface area contributed by atoms with Crippen LogP contribution in [0.15, 0.2) is 36.4 Å². The molecule has 0 N–H and O–H groups in total. The van der Waals surface area contributed by atoms with Gasteiger partial charge in [-0.25, -0.2) is 0 Å². The summed E-state index contributed by atoms with van der Waals surface area (Å²) in [5.41, 5.74) is 0.378. The second-order valence-corrected chi connectivity index (χ2v) is 5.30. The minimum Gasteiger partial charge on any atom is -0.489 e. The first kappa shape index (κ1) is 15.8. The molecule has 0 radical (unpaired) electrons. The molecule has 0 saturated heterocycles. The van der Waals surface area contributed by atoms with Gasteiger partial charge in [0.1, 0.15) is 30.8 Å². The Balaban J connectivity index is 1.91. The molecule has 2 aromatic rings. The second kappa shape index (κ2) is 7.42. The topological polar surface area (TPSA) is 42.2 Å². The Hall–Kier alpha value is -1.60. The Morgan fingerprint density at radius 1 is 0.857 bits per heavy atom. The second-order valence-electron chi connectivity index (χ2n) is 4.02. The summed E-state index contributed by atoms with van der Waals surface area (Å²) in [5, 5.41) is 10.5. The lowest BCUT2D eigenvalue weighted by Gasteiger charge is -2.10. The van der Waals surface area contributed by atoms with Gasteiger partial charge in [0, 0.05) is 16.1 Å². The van der Waals surface area contributed by atoms with Gasteiger partial charge in [-0.15, -0.1) is 0 Å². The van der Waals surface area contributed by atoms with Crippen molar-refractivity contribution in [3.05, 3.63) is 57.0 Å². The first-order valence-corrected chi connectivity index (χ1v) is 7.14. The Bertz CT molecular complexity index is 683. The SMILES string of the molecule is N#Cc1cc(Cl)ccc1OCCOc1cc(Cl)ccc1Cl. The molecule has 0 aliphatic rings. The molecular weight excluding hydrogens is 333 g/mol. The zero-order chi connectivity index (χ0) is 15.2. The highest BCUT2D eigenvalue weighted by Gasteiger charge is 2.05. The highest BCUT2D eigenvalue weighted by Crippen LogP contribution is 2.27. The molecule has 0 aliphatic heterocycles. The van der Waals surface area contributed by atoms with E-state index < -0.39 is 0 Å². The van der Waals surface area contributed by atoms with E-state index in [1.807, 2.05) is 6.07 Å². The molecule has 0 fully saturated rings. The van der Waals surface area contributed by atoms with Gasteiger partial charge in [-0.2, -0.15) is 5.26 Å². The van der Waals surface area contributed by atoms with Crippen molar-refractivity contribution < 1.29 is 9.47 Å². The molecule has 0 aliphatic carbocycles. The summed E-state index contributed by atoms with van der Waals surface area (Å²) in [6.07, 6.45) is 0. The van der Waals surface area contributed by atoms with Crippen LogP contribution in [0.25, 0.3) is 0 Å². The predicted molar refractivity (Wildman–Crippen MR) is 83.6 cm³/mol. The molecule has 2 rings (SSSR count). The fraction of sp³-hybridized carbons (Fsp3) is 0.133. The third-order valence-corrected chi connectivity index (χ3v) is 3.34. The summed E-state index contributed by atoms with van der Waals surface area (Å²) in [6.45, 7) is 0.534. The first-order chi connectivity index (χ1) is 10.1. The third-order valence-electron chi connectivity index (χ3n) is 2.55. The maximum Gasteiger partial charge on any atom is 0.139 e. The van der Waals surface area contributed by atoms with Crippen molar-refractivity contribution in [1.82, 2.24) is 0 Å². The molecule has 0 unspecified atom stereocenters. The third kappa shape index (κ3) is 4.44. The van der Waals surface area contributed by atoms with E-state index in [1.54, 1.807) is 36.4 Å². The van der Waals surface area contributed by atoms with Crippen molar-refractivity contribution in [2.75, 3.05) is 13.2 Å². The van der Waals surface area contributed by atoms with E-state index in [4.69, 9.17) is 49.5 Å². The number of rotatable bonds is 5. The molecule has 2 aromatic carbocycles. The Labute approximate surface area is 137 Å². The normalized spacial score (nSPS) is 10.0. The van der Waals surface area contributed by atoms with Gasteiger partial charge in [0.25, 0.3) is 0 Å². The van der Waals surface area contributed by atoms with Gasteiger partial charge in [-0.1, -0.05) is 34.8 Å². The lowest BCUT2D eigenvalue weighted by atomic mass is 10.2. The van der Waals surface area contributed by atoms with E-state index in [1.165, 1.54) is 0 Å². The molecule has 0 amide bonds. The van der Waals surface area contributed by atoms with Crippen LogP contribution in [0.2, 0.25) is 15.1 Å². The fourth-order valence-corrected chi connectivity index (χ4v) is 2.11. The van der Waals surface area contributed by atoms with Crippen LogP contribution in [0.1, 0.15) is 5.56 Å². The van der Waals surface area contributed by atoms with Gasteiger partial charge in [0.2, 0.25) is 0 Å². The van der Waals surface area contributed by atoms with E-state index in [-0.39, 0.29) is 13.2 Å². The van der Waals surface area contributed by atoms with Gasteiger partial charge < -0.3 is 9.47 Å². The molecule has 0 spiro atoms. The van der Waals surface area contributed by atoms with Crippen molar-refractivity contribution in [3.8, 4) is 17.6 Å². The average molecular weight is 343 g/mol. The van der Waals surface area contributed by atoms with Gasteiger partial charge in [0.05, 0.1) is 10.6 Å². The van der Waals surface area contributed by atoms with Crippen LogP contribution in [0.3, 0.4) is 0 Å². The predicted octanol–water partition coefficient (Wildman–Crippen LogP) is 4.98. The molecule has 0 heterocycles. The van der Waals surface area contributed by atoms with Crippen LogP contribution in [0.5, 0.6) is 11.5 Å². The standard InChI is InChI=1S/C15H10Cl3NO2/c16-11-2-4-14(10(7-11)9-19)20-5-6-21-15-8-12(17)1-3-13(15)18/h1-4,7-8H,5-6H2. The van der Waals surface area contributed by atoms with Gasteiger partial charge in [0.15, 0.2) is 0 Å². The Morgan fingerprint density at radius 2 is 1.48 bits per heavy atom. The first-order valence-electron chi connectivity index (χ1n) is 6.00. The zero-order valence-electron chi connectivity index (χ0n) is 10.8. The molecule has 3 nitrogen and oxygen atoms in total. The molecule has 108 valence electrons. The van der Waals surface area contributed by atoms with E-state index in [9.17, 15) is 0 Å². The maximum atomic E-state index is 8.99. The maximum absolute atomic E-state index is 8.99. The molecule has 6 heteroatoms. The quantitative estimate of drug-likeness (QED) is 0.720. The fourth-order valence-electron chi connectivity index (χ4n) is 1.61. The summed E-state index contributed by atoms with van der Waals surface area (Å²) < 4.78 is 11.0. The minimum atomic E-state index is 0.263. The van der Waals surface area contributed by atoms with E-state index in [2.05, 4.69) is 0 Å². The molecule has 0 bridgehead atoms. The summed E-state index contributed by atoms with van der Waals surface area (Å²) >= 11 is 17.6. The molecule has 0 atom stereocenters. The van der Waals surface area contributed by atoms with Gasteiger partial charge in [-0.05, 0) is 30.3 Å². The number of benzene rings is 2. The van der Waals surface area contributed by atoms with E-state index in [0.29, 0.717) is 32.1 Å². The van der Waals surface area contributed by atoms with Crippen molar-refractivity contribution in [2.45, 2.75) is 0 Å². The largest absolute Gasteiger partial charge is 0.489 e. The van der Waals surface area contributed by atoms with E-state index >= 15 is 0 Å². The number of hydrogen-bond donors (Lipinski definition) is 0. The van der Waals surface area contributed by atoms with Crippen LogP contribution in [0.4, 0.5) is 0 Å². The van der Waals surface area contributed by atoms with Crippen molar-refractivity contribution in [3.63, 3.8) is 0 Å². The number of hydrogen-bond acceptors (Lipinski definition) is 3. The smallest absolute Gasteiger partial charge is 0.139 e. The molecule has 21 heavy (non-hydrogen) atoms. The Kier molecular flexibility index (Phi) is 5.58. The minimum absolute atomic E-state index is 0.263. The summed E-state index contributed by atoms with van der Waals surface area (Å²) in [6, 6.07) is 11.8. The number of halogens is 3. The monoisotopic (exact) mass is 341 g/mol. The summed E-state index contributed by atoms with van der Waals surface area (Å²) in [5.74, 6) is 0.951. The number of nitrogens with zero attached hydrogens (tertiary/aromatic N) is 1. The van der Waals surface area contributed by atoms with Gasteiger partial charge in [-0.3, -0.25) is 0 Å². The van der Waals surface area contributed by atoms with Crippen LogP contribution in [-0.4, -0.2) is 13.2 Å². The van der Waals surface area contributed by atoms with Crippen LogP contribution in [-0.2, 0) is 0 Å². The van der Waals surface area contributed by atoms with Crippen molar-refractivity contribution >= 4 is 34.8 Å². The highest BCUT2D eigenvalue weighted by molar-refractivity contribution is 6.34. The number of ether oxygens (including phenoxy) is 2. The highest BCUT2D eigenvalue weighted by atomic mass is 35.5. The summed E-state index contributed by atoms with van der Waals surface area (Å²) in [7, 11) is 0. The number of nitriles is 1. The average Bonchev–Trinajstić information content (AvgIpc) is 2.48. The van der Waals surface area contributed by atoms with Crippen molar-refractivity contribution in [1.29, 1.82) is 5.26 Å². The zero-order valence-corrected chi connectivity index (χ0v) is 13.0. The van der Waals surface area contributed by atoms with Gasteiger partial charge >= 0.3 is 0 Å². The van der Waals surface area contributed by atoms with Crippen LogP contribution < -0.4 is 9.47 Å². The van der Waals surface area contributed by atoms with Crippen LogP contribution >= 0.6 is 34.8 Å². The van der Waals surface area contributed by atoms with Crippen molar-refractivity contribution in [2.24, 2.45) is 0 Å². The Morgan fingerprint density at radius 3 is 2.19 bits per heavy atom. The summed E-state index contributed by atoms with van der Waals surface area (Å²) in [4.78, 5) is 0. The lowest BCUT2D eigenvalue weighted by Crippen LogP contribution is -2.09. The lowest BCUT2D eigenvalue weighted by molar-refractivity contribution is 0.217. The van der Waals surface area contributed by atoms with E-state index in [0.717, 1.165) is 0 Å². The van der Waals surface area contributed by atoms with Crippen LogP contribution in [0, 0.1) is 11.3 Å².